The molecule has 4 atom stereocenters. The largest absolute Gasteiger partial charge is 0.469 e. The number of likely N-dealkylation sites (tertiary alicyclic amines) is 1. The molecule has 166 valence electrons. The molecule has 1 aromatic carbocycles. The summed E-state index contributed by atoms with van der Waals surface area (Å²) in [6.45, 7) is 9.97. The summed E-state index contributed by atoms with van der Waals surface area (Å²) < 4.78 is 10.7. The normalized spacial score (nSPS) is 31.2. The Labute approximate surface area is 182 Å². The van der Waals surface area contributed by atoms with E-state index in [2.05, 4.69) is 11.9 Å². The summed E-state index contributed by atoms with van der Waals surface area (Å²) in [4.78, 5) is 40.7. The number of amides is 2. The molecule has 2 aliphatic heterocycles. The van der Waals surface area contributed by atoms with Crippen molar-refractivity contribution in [1.29, 1.82) is 0 Å². The van der Waals surface area contributed by atoms with Gasteiger partial charge in [0, 0.05) is 23.1 Å². The average Bonchev–Trinajstić information content (AvgIpc) is 3.22. The molecule has 4 rings (SSSR count). The topological polar surface area (TPSA) is 84.9 Å². The lowest BCUT2D eigenvalue weighted by Gasteiger charge is -2.44. The van der Waals surface area contributed by atoms with Crippen LogP contribution in [0.3, 0.4) is 0 Å². The summed E-state index contributed by atoms with van der Waals surface area (Å²) in [5.41, 5.74) is -0.314. The van der Waals surface area contributed by atoms with E-state index in [1.807, 2.05) is 45.0 Å². The monoisotopic (exact) mass is 426 g/mol. The molecule has 2 amide bonds. The minimum absolute atomic E-state index is 0.0463. The molecule has 0 unspecified atom stereocenters. The van der Waals surface area contributed by atoms with Crippen LogP contribution in [-0.2, 0) is 24.5 Å². The highest BCUT2D eigenvalue weighted by atomic mass is 16.6. The number of carbonyl (C=O) groups excluding carboxylic acids is 3. The molecular weight excluding hydrogens is 396 g/mol. The van der Waals surface area contributed by atoms with E-state index in [1.54, 1.807) is 11.0 Å². The zero-order chi connectivity index (χ0) is 22.6. The standard InChI is InChI=1S/C24H30N2O5/c1-6-23(14-18(27)30-5)13-16-19(28)25-17-10-8-7-9-15(17)24(16)11-12-26(20(23)24)21(29)31-22(2,3)4/h6-10,16,20H,1,11-14H2,2-5H3,(H,25,28)/t16-,20+,23+,24+/m1/s1. The van der Waals surface area contributed by atoms with Gasteiger partial charge < -0.3 is 19.7 Å². The van der Waals surface area contributed by atoms with E-state index in [4.69, 9.17) is 9.47 Å². The third-order valence-corrected chi connectivity index (χ3v) is 7.06. The molecule has 1 saturated carbocycles. The van der Waals surface area contributed by atoms with Crippen LogP contribution in [-0.4, -0.2) is 48.2 Å². The van der Waals surface area contributed by atoms with Crippen LogP contribution in [0, 0.1) is 11.3 Å². The van der Waals surface area contributed by atoms with Gasteiger partial charge in [0.1, 0.15) is 5.60 Å². The maximum Gasteiger partial charge on any atom is 0.410 e. The van der Waals surface area contributed by atoms with Crippen LogP contribution in [0.4, 0.5) is 10.5 Å². The number of rotatable bonds is 3. The molecule has 2 fully saturated rings. The number of fused-ring (bicyclic) bond motifs is 1. The number of para-hydroxylation sites is 1. The highest BCUT2D eigenvalue weighted by Crippen LogP contribution is 2.65. The van der Waals surface area contributed by atoms with Gasteiger partial charge in [-0.2, -0.15) is 0 Å². The van der Waals surface area contributed by atoms with Gasteiger partial charge in [-0.25, -0.2) is 4.79 Å². The fourth-order valence-corrected chi connectivity index (χ4v) is 6.02. The summed E-state index contributed by atoms with van der Waals surface area (Å²) in [6, 6.07) is 7.30. The zero-order valence-electron chi connectivity index (χ0n) is 18.6. The molecule has 2 heterocycles. The van der Waals surface area contributed by atoms with Gasteiger partial charge in [0.2, 0.25) is 5.91 Å². The van der Waals surface area contributed by atoms with Crippen LogP contribution in [0.5, 0.6) is 0 Å². The Bertz CT molecular complexity index is 952. The molecule has 1 N–H and O–H groups in total. The number of anilines is 1. The molecule has 0 aromatic heterocycles. The number of nitrogens with one attached hydrogen (secondary N) is 1. The first-order valence-electron chi connectivity index (χ1n) is 10.7. The second kappa shape index (κ2) is 7.11. The molecule has 0 radical (unpaired) electrons. The number of nitrogens with zero attached hydrogens (tertiary/aromatic N) is 1. The fraction of sp³-hybridized carbons (Fsp3) is 0.542. The van der Waals surface area contributed by atoms with Crippen molar-refractivity contribution in [2.24, 2.45) is 11.3 Å². The van der Waals surface area contributed by atoms with Crippen molar-refractivity contribution in [3.05, 3.63) is 42.5 Å². The number of ether oxygens (including phenoxy) is 2. The minimum atomic E-state index is -0.806. The highest BCUT2D eigenvalue weighted by Gasteiger charge is 2.71. The Kier molecular flexibility index (Phi) is 4.91. The summed E-state index contributed by atoms with van der Waals surface area (Å²) in [6.07, 6.45) is 2.38. The molecule has 3 aliphatic rings. The van der Waals surface area contributed by atoms with Crippen LogP contribution in [0.15, 0.2) is 36.9 Å². The fourth-order valence-electron chi connectivity index (χ4n) is 6.02. The van der Waals surface area contributed by atoms with Crippen molar-refractivity contribution in [3.63, 3.8) is 0 Å². The van der Waals surface area contributed by atoms with E-state index >= 15 is 0 Å². The van der Waals surface area contributed by atoms with Crippen molar-refractivity contribution in [2.45, 2.75) is 57.1 Å². The first kappa shape index (κ1) is 21.4. The van der Waals surface area contributed by atoms with Crippen molar-refractivity contribution >= 4 is 23.7 Å². The molecule has 0 bridgehead atoms. The van der Waals surface area contributed by atoms with E-state index < -0.39 is 34.5 Å². The van der Waals surface area contributed by atoms with Crippen LogP contribution in [0.2, 0.25) is 0 Å². The second-order valence-electron chi connectivity index (χ2n) is 9.85. The van der Waals surface area contributed by atoms with Gasteiger partial charge in [-0.3, -0.25) is 9.59 Å². The Morgan fingerprint density at radius 1 is 1.32 bits per heavy atom. The molecule has 7 nitrogen and oxygen atoms in total. The predicted molar refractivity (Wildman–Crippen MR) is 115 cm³/mol. The SMILES string of the molecule is C=C[C@@]1(CC(=O)OC)C[C@@H]2C(=O)Nc3ccccc3[C@@]23CCN(C(=O)OC(C)(C)C)[C@@H]13. The maximum absolute atomic E-state index is 13.3. The number of benzene rings is 1. The van der Waals surface area contributed by atoms with Gasteiger partial charge in [-0.15, -0.1) is 6.58 Å². The Morgan fingerprint density at radius 2 is 2.03 bits per heavy atom. The number of hydrogen-bond donors (Lipinski definition) is 1. The van der Waals surface area contributed by atoms with Gasteiger partial charge in [0.15, 0.2) is 0 Å². The molecular formula is C24H30N2O5. The van der Waals surface area contributed by atoms with Gasteiger partial charge in [0.05, 0.1) is 25.5 Å². The Hall–Kier alpha value is -2.83. The van der Waals surface area contributed by atoms with Crippen molar-refractivity contribution in [1.82, 2.24) is 4.90 Å². The minimum Gasteiger partial charge on any atom is -0.469 e. The molecule has 1 aliphatic carbocycles. The van der Waals surface area contributed by atoms with Crippen molar-refractivity contribution < 1.29 is 23.9 Å². The number of methoxy groups -OCH3 is 1. The van der Waals surface area contributed by atoms with E-state index in [1.165, 1.54) is 7.11 Å². The number of esters is 1. The summed E-state index contributed by atoms with van der Waals surface area (Å²) >= 11 is 0. The lowest BCUT2D eigenvalue weighted by atomic mass is 9.65. The molecule has 1 saturated heterocycles. The van der Waals surface area contributed by atoms with Gasteiger partial charge in [-0.1, -0.05) is 24.3 Å². The van der Waals surface area contributed by atoms with Crippen molar-refractivity contribution in [3.8, 4) is 0 Å². The summed E-state index contributed by atoms with van der Waals surface area (Å²) in [7, 11) is 1.35. The summed E-state index contributed by atoms with van der Waals surface area (Å²) in [5.74, 6) is -0.857. The van der Waals surface area contributed by atoms with E-state index in [0.29, 0.717) is 19.4 Å². The maximum atomic E-state index is 13.3. The third-order valence-electron chi connectivity index (χ3n) is 7.06. The lowest BCUT2D eigenvalue weighted by Crippen LogP contribution is -2.54. The Morgan fingerprint density at radius 3 is 2.68 bits per heavy atom. The van der Waals surface area contributed by atoms with Gasteiger partial charge >= 0.3 is 12.1 Å². The van der Waals surface area contributed by atoms with Crippen molar-refractivity contribution in [2.75, 3.05) is 19.0 Å². The van der Waals surface area contributed by atoms with Crippen LogP contribution in [0.25, 0.3) is 0 Å². The van der Waals surface area contributed by atoms with Crippen LogP contribution >= 0.6 is 0 Å². The second-order valence-corrected chi connectivity index (χ2v) is 9.85. The smallest absolute Gasteiger partial charge is 0.410 e. The lowest BCUT2D eigenvalue weighted by molar-refractivity contribution is -0.143. The molecule has 31 heavy (non-hydrogen) atoms. The van der Waals surface area contributed by atoms with Gasteiger partial charge in [-0.05, 0) is 45.2 Å². The Balaban J connectivity index is 1.90. The van der Waals surface area contributed by atoms with E-state index in [9.17, 15) is 14.4 Å². The average molecular weight is 427 g/mol. The van der Waals surface area contributed by atoms with E-state index in [-0.39, 0.29) is 18.2 Å². The summed E-state index contributed by atoms with van der Waals surface area (Å²) in [5, 5.41) is 3.03. The highest BCUT2D eigenvalue weighted by molar-refractivity contribution is 5.99. The van der Waals surface area contributed by atoms with Gasteiger partial charge in [0.25, 0.3) is 0 Å². The van der Waals surface area contributed by atoms with E-state index in [0.717, 1.165) is 11.3 Å². The molecule has 1 spiro atoms. The number of hydrogen-bond acceptors (Lipinski definition) is 5. The number of carbonyl (C=O) groups is 3. The zero-order valence-corrected chi connectivity index (χ0v) is 18.6. The van der Waals surface area contributed by atoms with Crippen LogP contribution in [0.1, 0.15) is 45.6 Å². The first-order valence-corrected chi connectivity index (χ1v) is 10.7. The molecule has 7 heteroatoms. The molecule has 1 aromatic rings. The third kappa shape index (κ3) is 3.13. The van der Waals surface area contributed by atoms with Crippen LogP contribution < -0.4 is 5.32 Å². The first-order chi connectivity index (χ1) is 14.6. The quantitative estimate of drug-likeness (QED) is 0.589. The predicted octanol–water partition coefficient (Wildman–Crippen LogP) is 3.64.